The lowest BCUT2D eigenvalue weighted by Crippen LogP contribution is -2.32. The van der Waals surface area contributed by atoms with Crippen LogP contribution in [0.25, 0.3) is 0 Å². The number of amides is 2. The molecule has 3 rings (SSSR count). The van der Waals surface area contributed by atoms with E-state index in [1.165, 1.54) is 0 Å². The van der Waals surface area contributed by atoms with Gasteiger partial charge in [0.05, 0.1) is 11.4 Å². The molecule has 1 aliphatic heterocycles. The van der Waals surface area contributed by atoms with Gasteiger partial charge in [-0.25, -0.2) is 4.79 Å². The summed E-state index contributed by atoms with van der Waals surface area (Å²) in [5.41, 5.74) is 9.75. The first-order chi connectivity index (χ1) is 9.61. The van der Waals surface area contributed by atoms with Gasteiger partial charge in [0.15, 0.2) is 0 Å². The lowest BCUT2D eigenvalue weighted by atomic mass is 9.84. The summed E-state index contributed by atoms with van der Waals surface area (Å²) in [7, 11) is 0. The van der Waals surface area contributed by atoms with Crippen molar-refractivity contribution in [3.63, 3.8) is 0 Å². The van der Waals surface area contributed by atoms with Crippen molar-refractivity contribution >= 4 is 17.4 Å². The first-order valence-corrected chi connectivity index (χ1v) is 6.88. The molecule has 2 aromatic carbocycles. The zero-order chi connectivity index (χ0) is 14.3. The maximum absolute atomic E-state index is 12.0. The molecule has 0 saturated carbocycles. The smallest absolute Gasteiger partial charge is 0.323 e. The van der Waals surface area contributed by atoms with Gasteiger partial charge in [-0.1, -0.05) is 50.2 Å². The van der Waals surface area contributed by atoms with Gasteiger partial charge >= 0.3 is 6.03 Å². The number of carbonyl (C=O) groups excluding carboxylic acids is 1. The molecule has 0 aliphatic carbocycles. The number of primary amides is 1. The number of hydrogen-bond acceptors (Lipinski definition) is 1. The molecule has 0 aromatic heterocycles. The van der Waals surface area contributed by atoms with Crippen molar-refractivity contribution in [1.29, 1.82) is 0 Å². The summed E-state index contributed by atoms with van der Waals surface area (Å²) >= 11 is 0. The number of para-hydroxylation sites is 2. The zero-order valence-corrected chi connectivity index (χ0v) is 11.7. The van der Waals surface area contributed by atoms with Gasteiger partial charge < -0.3 is 5.73 Å². The summed E-state index contributed by atoms with van der Waals surface area (Å²) < 4.78 is 0. The van der Waals surface area contributed by atoms with Crippen LogP contribution in [0.1, 0.15) is 36.8 Å². The standard InChI is InChI=1S/C17H18N2O/c1-11-12(2)14-8-4-6-10-16(14)19(17(18)20)15-9-5-3-7-13(11)15/h3-12H,1-2H3,(H2,18,20). The largest absolute Gasteiger partial charge is 0.351 e. The van der Waals surface area contributed by atoms with Crippen LogP contribution in [0.4, 0.5) is 16.2 Å². The SMILES string of the molecule is CC1c2ccccc2N(C(N)=O)c2ccccc2C1C. The summed E-state index contributed by atoms with van der Waals surface area (Å²) in [6.45, 7) is 4.40. The Labute approximate surface area is 119 Å². The Morgan fingerprint density at radius 2 is 1.30 bits per heavy atom. The number of anilines is 2. The number of hydrogen-bond donors (Lipinski definition) is 1. The van der Waals surface area contributed by atoms with Crippen LogP contribution in [-0.2, 0) is 0 Å². The van der Waals surface area contributed by atoms with Crippen molar-refractivity contribution in [3.8, 4) is 0 Å². The first-order valence-electron chi connectivity index (χ1n) is 6.88. The van der Waals surface area contributed by atoms with E-state index < -0.39 is 6.03 Å². The highest BCUT2D eigenvalue weighted by molar-refractivity contribution is 6.00. The molecule has 2 unspecified atom stereocenters. The molecule has 1 aliphatic rings. The van der Waals surface area contributed by atoms with Gasteiger partial charge in [-0.05, 0) is 35.1 Å². The molecule has 3 nitrogen and oxygen atoms in total. The van der Waals surface area contributed by atoms with Crippen molar-refractivity contribution in [2.45, 2.75) is 25.7 Å². The second-order valence-electron chi connectivity index (χ2n) is 5.37. The molecule has 2 amide bonds. The summed E-state index contributed by atoms with van der Waals surface area (Å²) in [4.78, 5) is 13.6. The minimum atomic E-state index is -0.439. The summed E-state index contributed by atoms with van der Waals surface area (Å²) in [6, 6.07) is 15.6. The Morgan fingerprint density at radius 1 is 0.900 bits per heavy atom. The second kappa shape index (κ2) is 4.67. The van der Waals surface area contributed by atoms with Crippen LogP contribution in [0, 0.1) is 0 Å². The zero-order valence-electron chi connectivity index (χ0n) is 11.7. The van der Waals surface area contributed by atoms with Crippen LogP contribution < -0.4 is 10.6 Å². The van der Waals surface area contributed by atoms with Gasteiger partial charge in [0.25, 0.3) is 0 Å². The first kappa shape index (κ1) is 12.7. The third-order valence-electron chi connectivity index (χ3n) is 4.31. The Morgan fingerprint density at radius 3 is 1.70 bits per heavy atom. The molecule has 0 saturated heterocycles. The van der Waals surface area contributed by atoms with E-state index in [4.69, 9.17) is 5.73 Å². The van der Waals surface area contributed by atoms with E-state index >= 15 is 0 Å². The highest BCUT2D eigenvalue weighted by atomic mass is 16.2. The quantitative estimate of drug-likeness (QED) is 0.765. The number of rotatable bonds is 0. The number of urea groups is 1. The van der Waals surface area contributed by atoms with Crippen molar-refractivity contribution in [3.05, 3.63) is 59.7 Å². The van der Waals surface area contributed by atoms with Crippen LogP contribution in [0.2, 0.25) is 0 Å². The minimum absolute atomic E-state index is 0.330. The van der Waals surface area contributed by atoms with E-state index in [0.29, 0.717) is 11.8 Å². The van der Waals surface area contributed by atoms with Crippen LogP contribution in [-0.4, -0.2) is 6.03 Å². The topological polar surface area (TPSA) is 46.3 Å². The average Bonchev–Trinajstić information content (AvgIpc) is 2.55. The number of carbonyl (C=O) groups is 1. The van der Waals surface area contributed by atoms with E-state index in [1.54, 1.807) is 4.90 Å². The van der Waals surface area contributed by atoms with E-state index in [9.17, 15) is 4.79 Å². The van der Waals surface area contributed by atoms with Crippen molar-refractivity contribution in [2.24, 2.45) is 5.73 Å². The lowest BCUT2D eigenvalue weighted by Gasteiger charge is -2.23. The fourth-order valence-corrected chi connectivity index (χ4v) is 3.06. The lowest BCUT2D eigenvalue weighted by molar-refractivity contribution is 0.256. The highest BCUT2D eigenvalue weighted by Gasteiger charge is 2.31. The molecule has 20 heavy (non-hydrogen) atoms. The fraction of sp³-hybridized carbons (Fsp3) is 0.235. The molecule has 1 heterocycles. The minimum Gasteiger partial charge on any atom is -0.351 e. The Hall–Kier alpha value is -2.29. The average molecular weight is 266 g/mol. The van der Waals surface area contributed by atoms with E-state index in [0.717, 1.165) is 22.5 Å². The second-order valence-corrected chi connectivity index (χ2v) is 5.37. The molecule has 0 radical (unpaired) electrons. The monoisotopic (exact) mass is 266 g/mol. The van der Waals surface area contributed by atoms with Gasteiger partial charge in [0.1, 0.15) is 0 Å². The third-order valence-corrected chi connectivity index (χ3v) is 4.31. The van der Waals surface area contributed by atoms with Gasteiger partial charge in [0.2, 0.25) is 0 Å². The molecule has 2 atom stereocenters. The molecular formula is C17H18N2O. The van der Waals surface area contributed by atoms with Gasteiger partial charge in [-0.2, -0.15) is 0 Å². The van der Waals surface area contributed by atoms with E-state index in [1.807, 2.05) is 36.4 Å². The fourth-order valence-electron chi connectivity index (χ4n) is 3.06. The third kappa shape index (κ3) is 1.78. The van der Waals surface area contributed by atoms with Gasteiger partial charge in [0, 0.05) is 0 Å². The van der Waals surface area contributed by atoms with Crippen molar-refractivity contribution in [1.82, 2.24) is 0 Å². The molecular weight excluding hydrogens is 248 g/mol. The van der Waals surface area contributed by atoms with Gasteiger partial charge in [-0.3, -0.25) is 4.90 Å². The summed E-state index contributed by atoms with van der Waals surface area (Å²) in [5, 5.41) is 0. The van der Waals surface area contributed by atoms with E-state index in [-0.39, 0.29) is 0 Å². The Kier molecular flexibility index (Phi) is 2.97. The molecule has 0 fully saturated rings. The summed E-state index contributed by atoms with van der Waals surface area (Å²) in [5.74, 6) is 0.661. The predicted molar refractivity (Wildman–Crippen MR) is 81.4 cm³/mol. The maximum Gasteiger partial charge on any atom is 0.323 e. The number of benzene rings is 2. The van der Waals surface area contributed by atoms with Gasteiger partial charge in [-0.15, -0.1) is 0 Å². The molecule has 0 bridgehead atoms. The highest BCUT2D eigenvalue weighted by Crippen LogP contribution is 2.46. The van der Waals surface area contributed by atoms with Crippen LogP contribution in [0.5, 0.6) is 0 Å². The Balaban J connectivity index is 2.33. The Bertz CT molecular complexity index is 614. The molecule has 0 spiro atoms. The van der Waals surface area contributed by atoms with Crippen LogP contribution in [0.15, 0.2) is 48.5 Å². The summed E-state index contributed by atoms with van der Waals surface area (Å²) in [6.07, 6.45) is 0. The molecule has 3 heteroatoms. The maximum atomic E-state index is 12.0. The molecule has 102 valence electrons. The molecule has 2 N–H and O–H groups in total. The van der Waals surface area contributed by atoms with Crippen LogP contribution in [0.3, 0.4) is 0 Å². The van der Waals surface area contributed by atoms with Crippen molar-refractivity contribution < 1.29 is 4.79 Å². The predicted octanol–water partition coefficient (Wildman–Crippen LogP) is 4.12. The number of nitrogens with zero attached hydrogens (tertiary/aromatic N) is 1. The van der Waals surface area contributed by atoms with Crippen molar-refractivity contribution in [2.75, 3.05) is 4.90 Å². The molecule has 2 aromatic rings. The number of fused-ring (bicyclic) bond motifs is 2. The normalized spacial score (nSPS) is 20.8. The van der Waals surface area contributed by atoms with E-state index in [2.05, 4.69) is 26.0 Å². The van der Waals surface area contributed by atoms with Crippen LogP contribution >= 0.6 is 0 Å². The number of nitrogens with two attached hydrogens (primary N) is 1.